The van der Waals surface area contributed by atoms with Crippen molar-refractivity contribution in [2.75, 3.05) is 13.2 Å². The zero-order valence-electron chi connectivity index (χ0n) is 9.93. The Morgan fingerprint density at radius 1 is 1.50 bits per heavy atom. The lowest BCUT2D eigenvalue weighted by Gasteiger charge is -2.14. The maximum absolute atomic E-state index is 11.0. The molecule has 1 atom stereocenters. The fraction of sp³-hybridized carbons (Fsp3) is 0.462. The van der Waals surface area contributed by atoms with Gasteiger partial charge in [-0.25, -0.2) is 0 Å². The molecule has 1 aliphatic carbocycles. The van der Waals surface area contributed by atoms with Crippen LogP contribution in [-0.4, -0.2) is 30.3 Å². The average Bonchev–Trinajstić information content (AvgIpc) is 3.15. The van der Waals surface area contributed by atoms with Crippen LogP contribution in [0.1, 0.15) is 12.8 Å². The Hall–Kier alpha value is -1.26. The Balaban J connectivity index is 1.72. The molecular weight excluding hydrogens is 254 g/mol. The topological polar surface area (TPSA) is 58.6 Å². The molecule has 18 heavy (non-hydrogen) atoms. The molecule has 0 amide bonds. The van der Waals surface area contributed by atoms with Crippen LogP contribution in [-0.2, 0) is 4.79 Å². The van der Waals surface area contributed by atoms with Gasteiger partial charge in [0.25, 0.3) is 0 Å². The van der Waals surface area contributed by atoms with E-state index in [4.69, 9.17) is 21.4 Å². The van der Waals surface area contributed by atoms with E-state index < -0.39 is 12.0 Å². The number of aliphatic carboxylic acids is 1. The van der Waals surface area contributed by atoms with Crippen molar-refractivity contribution in [3.63, 3.8) is 0 Å². The Morgan fingerprint density at radius 2 is 2.22 bits per heavy atom. The Bertz CT molecular complexity index is 420. The van der Waals surface area contributed by atoms with Gasteiger partial charge >= 0.3 is 5.97 Å². The first-order valence-electron chi connectivity index (χ1n) is 6.02. The monoisotopic (exact) mass is 269 g/mol. The molecule has 1 fully saturated rings. The van der Waals surface area contributed by atoms with Crippen molar-refractivity contribution < 1.29 is 14.6 Å². The quantitative estimate of drug-likeness (QED) is 0.745. The maximum atomic E-state index is 11.0. The van der Waals surface area contributed by atoms with Gasteiger partial charge in [0.2, 0.25) is 0 Å². The second-order valence-electron chi connectivity index (χ2n) is 4.39. The lowest BCUT2D eigenvalue weighted by atomic mass is 10.2. The number of hydrogen-bond donors (Lipinski definition) is 2. The molecule has 4 nitrogen and oxygen atoms in total. The van der Waals surface area contributed by atoms with E-state index in [1.165, 1.54) is 0 Å². The predicted molar refractivity (Wildman–Crippen MR) is 69.1 cm³/mol. The summed E-state index contributed by atoms with van der Waals surface area (Å²) in [5, 5.41) is 12.6. The number of hydrogen-bond acceptors (Lipinski definition) is 3. The lowest BCUT2D eigenvalue weighted by molar-refractivity contribution is -0.140. The molecule has 0 aliphatic heterocycles. The van der Waals surface area contributed by atoms with E-state index in [-0.39, 0.29) is 5.92 Å². The van der Waals surface area contributed by atoms with Crippen LogP contribution in [0.4, 0.5) is 0 Å². The summed E-state index contributed by atoms with van der Waals surface area (Å²) >= 11 is 5.94. The van der Waals surface area contributed by atoms with Gasteiger partial charge in [0.05, 0.1) is 5.02 Å². The number of carboxylic acid groups (broad SMARTS) is 1. The third kappa shape index (κ3) is 3.62. The second-order valence-corrected chi connectivity index (χ2v) is 4.79. The van der Waals surface area contributed by atoms with Crippen molar-refractivity contribution in [3.8, 4) is 5.75 Å². The first kappa shape index (κ1) is 13.2. The van der Waals surface area contributed by atoms with Crippen LogP contribution in [0.25, 0.3) is 0 Å². The normalized spacial score (nSPS) is 16.3. The summed E-state index contributed by atoms with van der Waals surface area (Å²) in [6.45, 7) is 0.902. The van der Waals surface area contributed by atoms with Gasteiger partial charge in [-0.3, -0.25) is 4.79 Å². The van der Waals surface area contributed by atoms with Crippen LogP contribution in [0.15, 0.2) is 24.3 Å². The van der Waals surface area contributed by atoms with Gasteiger partial charge in [-0.2, -0.15) is 0 Å². The number of carboxylic acids is 1. The summed E-state index contributed by atoms with van der Waals surface area (Å²) < 4.78 is 5.48. The van der Waals surface area contributed by atoms with Crippen molar-refractivity contribution in [1.82, 2.24) is 5.32 Å². The number of nitrogens with one attached hydrogen (secondary N) is 1. The van der Waals surface area contributed by atoms with Crippen molar-refractivity contribution in [2.45, 2.75) is 18.9 Å². The third-order valence-corrected chi connectivity index (χ3v) is 3.23. The van der Waals surface area contributed by atoms with Gasteiger partial charge in [-0.1, -0.05) is 23.7 Å². The smallest absolute Gasteiger partial charge is 0.320 e. The molecule has 0 aromatic heterocycles. The van der Waals surface area contributed by atoms with Gasteiger partial charge in [0.15, 0.2) is 0 Å². The highest BCUT2D eigenvalue weighted by Gasteiger charge is 2.35. The number of carbonyl (C=O) groups is 1. The standard InChI is InChI=1S/C13H16ClNO3/c14-10-3-1-2-4-11(10)18-8-7-15-12(13(16)17)9-5-6-9/h1-4,9,12,15H,5-8H2,(H,16,17). The molecule has 0 saturated heterocycles. The zero-order valence-corrected chi connectivity index (χ0v) is 10.7. The number of rotatable bonds is 7. The van der Waals surface area contributed by atoms with E-state index >= 15 is 0 Å². The molecule has 1 unspecified atom stereocenters. The van der Waals surface area contributed by atoms with Crippen molar-refractivity contribution in [2.24, 2.45) is 5.92 Å². The van der Waals surface area contributed by atoms with Crippen LogP contribution in [0.2, 0.25) is 5.02 Å². The van der Waals surface area contributed by atoms with Crippen LogP contribution < -0.4 is 10.1 Å². The molecule has 98 valence electrons. The van der Waals surface area contributed by atoms with Crippen molar-refractivity contribution >= 4 is 17.6 Å². The molecule has 1 aromatic carbocycles. The SMILES string of the molecule is O=C(O)C(NCCOc1ccccc1Cl)C1CC1. The first-order chi connectivity index (χ1) is 8.68. The number of para-hydroxylation sites is 1. The maximum Gasteiger partial charge on any atom is 0.320 e. The van der Waals surface area contributed by atoms with E-state index in [1.54, 1.807) is 12.1 Å². The van der Waals surface area contributed by atoms with Crippen LogP contribution in [0.5, 0.6) is 5.75 Å². The Labute approximate surface area is 111 Å². The summed E-state index contributed by atoms with van der Waals surface area (Å²) in [6, 6.07) is 6.78. The molecule has 0 bridgehead atoms. The molecule has 0 heterocycles. The van der Waals surface area contributed by atoms with E-state index in [0.717, 1.165) is 12.8 Å². The number of ether oxygens (including phenoxy) is 1. The molecule has 1 saturated carbocycles. The van der Waals surface area contributed by atoms with E-state index in [0.29, 0.717) is 23.9 Å². The third-order valence-electron chi connectivity index (χ3n) is 2.92. The summed E-state index contributed by atoms with van der Waals surface area (Å²) in [4.78, 5) is 11.0. The summed E-state index contributed by atoms with van der Waals surface area (Å²) in [7, 11) is 0. The van der Waals surface area contributed by atoms with Crippen LogP contribution in [0, 0.1) is 5.92 Å². The summed E-state index contributed by atoms with van der Waals surface area (Å²) in [6.07, 6.45) is 1.99. The minimum atomic E-state index is -0.782. The van der Waals surface area contributed by atoms with Gasteiger partial charge < -0.3 is 15.2 Å². The Kier molecular flexibility index (Phi) is 4.44. The molecular formula is C13H16ClNO3. The fourth-order valence-electron chi connectivity index (χ4n) is 1.82. The first-order valence-corrected chi connectivity index (χ1v) is 6.40. The molecule has 0 radical (unpaired) electrons. The number of halogens is 1. The highest BCUT2D eigenvalue weighted by atomic mass is 35.5. The number of benzene rings is 1. The summed E-state index contributed by atoms with van der Waals surface area (Å²) in [5.74, 6) is 0.123. The molecule has 2 N–H and O–H groups in total. The highest BCUT2D eigenvalue weighted by Crippen LogP contribution is 2.32. The lowest BCUT2D eigenvalue weighted by Crippen LogP contribution is -2.40. The molecule has 5 heteroatoms. The van der Waals surface area contributed by atoms with Gasteiger partial charge in [-0.15, -0.1) is 0 Å². The van der Waals surface area contributed by atoms with E-state index in [1.807, 2.05) is 12.1 Å². The predicted octanol–water partition coefficient (Wildman–Crippen LogP) is 2.17. The van der Waals surface area contributed by atoms with Gasteiger partial charge in [0.1, 0.15) is 18.4 Å². The second kappa shape index (κ2) is 6.07. The van der Waals surface area contributed by atoms with Gasteiger partial charge in [0, 0.05) is 6.54 Å². The highest BCUT2D eigenvalue weighted by molar-refractivity contribution is 6.32. The minimum Gasteiger partial charge on any atom is -0.491 e. The molecule has 2 rings (SSSR count). The van der Waals surface area contributed by atoms with Crippen molar-refractivity contribution in [3.05, 3.63) is 29.3 Å². The molecule has 1 aliphatic rings. The van der Waals surface area contributed by atoms with Crippen LogP contribution in [0.3, 0.4) is 0 Å². The Morgan fingerprint density at radius 3 is 2.83 bits per heavy atom. The van der Waals surface area contributed by atoms with Crippen molar-refractivity contribution in [1.29, 1.82) is 0 Å². The average molecular weight is 270 g/mol. The van der Waals surface area contributed by atoms with Gasteiger partial charge in [-0.05, 0) is 30.9 Å². The van der Waals surface area contributed by atoms with Crippen LogP contribution >= 0.6 is 11.6 Å². The van der Waals surface area contributed by atoms with E-state index in [9.17, 15) is 4.79 Å². The molecule has 0 spiro atoms. The fourth-order valence-corrected chi connectivity index (χ4v) is 2.01. The minimum absolute atomic E-state index is 0.280. The van der Waals surface area contributed by atoms with E-state index in [2.05, 4.69) is 5.32 Å². The summed E-state index contributed by atoms with van der Waals surface area (Å²) in [5.41, 5.74) is 0. The largest absolute Gasteiger partial charge is 0.491 e. The zero-order chi connectivity index (χ0) is 13.0. The molecule has 1 aromatic rings.